The van der Waals surface area contributed by atoms with E-state index in [-0.39, 0.29) is 0 Å². The zero-order chi connectivity index (χ0) is 29.9. The summed E-state index contributed by atoms with van der Waals surface area (Å²) in [4.78, 5) is 4.58. The highest BCUT2D eigenvalue weighted by atomic mass is 15.1. The summed E-state index contributed by atoms with van der Waals surface area (Å²) in [6.45, 7) is 2.12. The van der Waals surface area contributed by atoms with Gasteiger partial charge in [-0.3, -0.25) is 0 Å². The third-order valence-electron chi connectivity index (χ3n) is 8.37. The second-order valence-corrected chi connectivity index (χ2v) is 11.2. The van der Waals surface area contributed by atoms with Crippen LogP contribution in [-0.4, -0.2) is 7.05 Å². The van der Waals surface area contributed by atoms with Crippen LogP contribution in [0.15, 0.2) is 170 Å². The molecule has 0 amide bonds. The second-order valence-electron chi connectivity index (χ2n) is 11.2. The summed E-state index contributed by atoms with van der Waals surface area (Å²) in [5, 5.41) is 2.45. The zero-order valence-corrected chi connectivity index (χ0v) is 25.1. The van der Waals surface area contributed by atoms with Gasteiger partial charge in [0, 0.05) is 35.2 Å². The fourth-order valence-corrected chi connectivity index (χ4v) is 5.86. The van der Waals surface area contributed by atoms with Gasteiger partial charge in [0.05, 0.1) is 5.69 Å². The molecule has 7 rings (SSSR count). The van der Waals surface area contributed by atoms with Crippen LogP contribution < -0.4 is 9.80 Å². The number of benzene rings is 7. The number of fused-ring (bicyclic) bond motifs is 1. The molecule has 0 spiro atoms. The van der Waals surface area contributed by atoms with E-state index in [1.54, 1.807) is 0 Å². The highest BCUT2D eigenvalue weighted by molar-refractivity contribution is 5.99. The first-order valence-corrected chi connectivity index (χ1v) is 15.1. The molecule has 0 aliphatic rings. The van der Waals surface area contributed by atoms with Crippen LogP contribution in [0.2, 0.25) is 0 Å². The molecular weight excluding hydrogens is 532 g/mol. The first kappa shape index (κ1) is 27.2. The summed E-state index contributed by atoms with van der Waals surface area (Å²) in [6.07, 6.45) is 0. The van der Waals surface area contributed by atoms with Crippen LogP contribution in [-0.2, 0) is 0 Å². The van der Waals surface area contributed by atoms with E-state index in [9.17, 15) is 0 Å². The maximum absolute atomic E-state index is 2.36. The number of hydrogen-bond acceptors (Lipinski definition) is 2. The molecule has 44 heavy (non-hydrogen) atoms. The summed E-state index contributed by atoms with van der Waals surface area (Å²) < 4.78 is 0. The normalized spacial score (nSPS) is 11.0. The molecule has 7 aromatic rings. The van der Waals surface area contributed by atoms with Gasteiger partial charge in [-0.2, -0.15) is 0 Å². The lowest BCUT2D eigenvalue weighted by Gasteiger charge is -2.27. The first-order chi connectivity index (χ1) is 21.6. The van der Waals surface area contributed by atoms with Crippen LogP contribution in [0.3, 0.4) is 0 Å². The molecule has 212 valence electrons. The van der Waals surface area contributed by atoms with Gasteiger partial charge >= 0.3 is 0 Å². The molecule has 2 heteroatoms. The van der Waals surface area contributed by atoms with E-state index >= 15 is 0 Å². The molecule has 0 atom stereocenters. The van der Waals surface area contributed by atoms with Gasteiger partial charge in [-0.05, 0) is 89.2 Å². The van der Waals surface area contributed by atoms with Crippen molar-refractivity contribution in [3.05, 3.63) is 175 Å². The molecule has 0 fully saturated rings. The Balaban J connectivity index is 1.22. The molecular formula is C42H34N2. The molecule has 0 saturated heterocycles. The summed E-state index contributed by atoms with van der Waals surface area (Å²) in [7, 11) is 2.11. The Hall–Kier alpha value is -5.60. The topological polar surface area (TPSA) is 6.48 Å². The van der Waals surface area contributed by atoms with E-state index in [4.69, 9.17) is 0 Å². The van der Waals surface area contributed by atoms with Gasteiger partial charge < -0.3 is 9.80 Å². The Bertz CT molecular complexity index is 1990. The highest BCUT2D eigenvalue weighted by Crippen LogP contribution is 2.40. The number of rotatable bonds is 7. The molecule has 0 heterocycles. The molecule has 0 unspecified atom stereocenters. The van der Waals surface area contributed by atoms with Gasteiger partial charge in [0.2, 0.25) is 0 Å². The molecule has 0 aromatic heterocycles. The fourth-order valence-electron chi connectivity index (χ4n) is 5.86. The summed E-state index contributed by atoms with van der Waals surface area (Å²) in [5.41, 5.74) is 11.8. The van der Waals surface area contributed by atoms with E-state index < -0.39 is 0 Å². The molecule has 7 aromatic carbocycles. The van der Waals surface area contributed by atoms with Crippen molar-refractivity contribution in [3.63, 3.8) is 0 Å². The molecule has 0 aliphatic carbocycles. The highest BCUT2D eigenvalue weighted by Gasteiger charge is 2.16. The van der Waals surface area contributed by atoms with Crippen molar-refractivity contribution in [2.24, 2.45) is 0 Å². The van der Waals surface area contributed by atoms with Gasteiger partial charge in [-0.25, -0.2) is 0 Å². The number of hydrogen-bond donors (Lipinski definition) is 0. The fraction of sp³-hybridized carbons (Fsp3) is 0.0476. The van der Waals surface area contributed by atoms with Crippen molar-refractivity contribution in [2.75, 3.05) is 16.8 Å². The van der Waals surface area contributed by atoms with Crippen LogP contribution in [0.4, 0.5) is 28.4 Å². The Morgan fingerprint density at radius 2 is 0.795 bits per heavy atom. The lowest BCUT2D eigenvalue weighted by Crippen LogP contribution is -2.10. The van der Waals surface area contributed by atoms with Crippen molar-refractivity contribution in [2.45, 2.75) is 6.92 Å². The third kappa shape index (κ3) is 5.46. The van der Waals surface area contributed by atoms with E-state index in [0.29, 0.717) is 0 Å². The van der Waals surface area contributed by atoms with E-state index in [2.05, 4.69) is 194 Å². The molecule has 2 nitrogen and oxygen atoms in total. The first-order valence-electron chi connectivity index (χ1n) is 15.1. The van der Waals surface area contributed by atoms with Crippen molar-refractivity contribution in [3.8, 4) is 22.3 Å². The van der Waals surface area contributed by atoms with Crippen LogP contribution >= 0.6 is 0 Å². The molecule has 0 radical (unpaired) electrons. The van der Waals surface area contributed by atoms with Crippen LogP contribution in [0.25, 0.3) is 33.0 Å². The summed E-state index contributed by atoms with van der Waals surface area (Å²) >= 11 is 0. The monoisotopic (exact) mass is 566 g/mol. The van der Waals surface area contributed by atoms with Crippen molar-refractivity contribution >= 4 is 39.2 Å². The average molecular weight is 567 g/mol. The van der Waals surface area contributed by atoms with Crippen LogP contribution in [0, 0.1) is 6.92 Å². The quantitative estimate of drug-likeness (QED) is 0.189. The Morgan fingerprint density at radius 3 is 1.36 bits per heavy atom. The summed E-state index contributed by atoms with van der Waals surface area (Å²) in [5.74, 6) is 0. The van der Waals surface area contributed by atoms with Gasteiger partial charge in [0.1, 0.15) is 0 Å². The Labute approximate surface area is 260 Å². The van der Waals surface area contributed by atoms with Crippen molar-refractivity contribution < 1.29 is 0 Å². The smallest absolute Gasteiger partial charge is 0.0540 e. The van der Waals surface area contributed by atoms with Gasteiger partial charge in [-0.1, -0.05) is 121 Å². The van der Waals surface area contributed by atoms with Gasteiger partial charge in [0.15, 0.2) is 0 Å². The molecule has 0 aliphatic heterocycles. The minimum absolute atomic E-state index is 1.12. The number of aryl methyl sites for hydroxylation is 1. The van der Waals surface area contributed by atoms with Crippen LogP contribution in [0.5, 0.6) is 0 Å². The maximum Gasteiger partial charge on any atom is 0.0540 e. The van der Waals surface area contributed by atoms with E-state index in [1.165, 1.54) is 44.3 Å². The molecule has 0 bridgehead atoms. The second kappa shape index (κ2) is 11.9. The number of nitrogens with zero attached hydrogens (tertiary/aromatic N) is 2. The lowest BCUT2D eigenvalue weighted by molar-refractivity contribution is 1.20. The molecule has 0 saturated carbocycles. The molecule has 0 N–H and O–H groups in total. The predicted molar refractivity (Wildman–Crippen MR) is 189 cm³/mol. The zero-order valence-electron chi connectivity index (χ0n) is 25.1. The Morgan fingerprint density at radius 1 is 0.364 bits per heavy atom. The standard InChI is InChI=1S/C42H34N2/c1-31-15-23-37(24-16-31)43(2)38-25-17-34(18-26-38)35-21-29-40(30-22-35)44(42-14-8-12-36-11-6-7-13-41(36)42)39-27-19-33(20-28-39)32-9-4-3-5-10-32/h3-30H,1-2H3. The Kier molecular flexibility index (Phi) is 7.40. The van der Waals surface area contributed by atoms with Crippen molar-refractivity contribution in [1.82, 2.24) is 0 Å². The third-order valence-corrected chi connectivity index (χ3v) is 8.37. The van der Waals surface area contributed by atoms with Gasteiger partial charge in [-0.15, -0.1) is 0 Å². The van der Waals surface area contributed by atoms with Crippen molar-refractivity contribution in [1.29, 1.82) is 0 Å². The summed E-state index contributed by atoms with van der Waals surface area (Å²) in [6, 6.07) is 60.9. The lowest BCUT2D eigenvalue weighted by atomic mass is 10.0. The average Bonchev–Trinajstić information content (AvgIpc) is 3.10. The van der Waals surface area contributed by atoms with E-state index in [1.807, 2.05) is 0 Å². The van der Waals surface area contributed by atoms with Crippen LogP contribution in [0.1, 0.15) is 5.56 Å². The van der Waals surface area contributed by atoms with Gasteiger partial charge in [0.25, 0.3) is 0 Å². The number of anilines is 5. The predicted octanol–water partition coefficient (Wildman–Crippen LogP) is 11.7. The minimum atomic E-state index is 1.12. The maximum atomic E-state index is 2.36. The van der Waals surface area contributed by atoms with E-state index in [0.717, 1.165) is 22.7 Å². The minimum Gasteiger partial charge on any atom is -0.345 e. The SMILES string of the molecule is Cc1ccc(N(C)c2ccc(-c3ccc(N(c4ccc(-c5ccccc5)cc4)c4cccc5ccccc45)cc3)cc2)cc1. The largest absolute Gasteiger partial charge is 0.345 e.